The van der Waals surface area contributed by atoms with Crippen LogP contribution in [0.5, 0.6) is 0 Å². The Labute approximate surface area is 146 Å². The van der Waals surface area contributed by atoms with E-state index < -0.39 is 0 Å². The third-order valence-corrected chi connectivity index (χ3v) is 4.64. The number of carbonyl (C=O) groups excluding carboxylic acids is 1. The van der Waals surface area contributed by atoms with E-state index in [0.29, 0.717) is 18.7 Å². The van der Waals surface area contributed by atoms with Crippen molar-refractivity contribution in [1.82, 2.24) is 14.9 Å². The van der Waals surface area contributed by atoms with Crippen molar-refractivity contribution in [2.45, 2.75) is 19.1 Å². The SMILES string of the molecule is C[C@H]1CO[C@@H](c2ccccc2)CN1C(=O)c1ccnc2ccncc12. The molecule has 126 valence electrons. The standard InChI is InChI=1S/C20H19N3O2/c1-14-13-25-19(15-5-3-2-4-6-15)12-23(14)20(24)16-7-10-22-18-8-9-21-11-17(16)18/h2-11,14,19H,12-13H2,1H3/t14-,19+/m0/s1. The van der Waals surface area contributed by atoms with Crippen LogP contribution in [0.25, 0.3) is 10.9 Å². The van der Waals surface area contributed by atoms with E-state index in [0.717, 1.165) is 16.5 Å². The molecule has 1 amide bonds. The Hall–Kier alpha value is -2.79. The molecule has 0 bridgehead atoms. The summed E-state index contributed by atoms with van der Waals surface area (Å²) in [5.74, 6) is -0.00266. The molecule has 25 heavy (non-hydrogen) atoms. The number of aromatic nitrogens is 2. The molecule has 1 aliphatic heterocycles. The first-order valence-corrected chi connectivity index (χ1v) is 8.40. The summed E-state index contributed by atoms with van der Waals surface area (Å²) in [5, 5.41) is 0.782. The summed E-state index contributed by atoms with van der Waals surface area (Å²) in [4.78, 5) is 23.6. The van der Waals surface area contributed by atoms with Crippen LogP contribution in [0.4, 0.5) is 0 Å². The Bertz CT molecular complexity index is 892. The van der Waals surface area contributed by atoms with Crippen LogP contribution in [0.15, 0.2) is 61.1 Å². The Balaban J connectivity index is 1.66. The zero-order chi connectivity index (χ0) is 17.2. The predicted octanol–water partition coefficient (Wildman–Crippen LogP) is 3.23. The van der Waals surface area contributed by atoms with E-state index in [2.05, 4.69) is 9.97 Å². The highest BCUT2D eigenvalue weighted by molar-refractivity contribution is 6.05. The van der Waals surface area contributed by atoms with Crippen molar-refractivity contribution >= 4 is 16.8 Å². The van der Waals surface area contributed by atoms with Crippen molar-refractivity contribution in [1.29, 1.82) is 0 Å². The monoisotopic (exact) mass is 333 g/mol. The van der Waals surface area contributed by atoms with Gasteiger partial charge in [-0.15, -0.1) is 0 Å². The molecule has 4 rings (SSSR count). The van der Waals surface area contributed by atoms with Gasteiger partial charge in [0, 0.05) is 24.0 Å². The topological polar surface area (TPSA) is 55.3 Å². The molecule has 1 aromatic carbocycles. The zero-order valence-corrected chi connectivity index (χ0v) is 14.0. The van der Waals surface area contributed by atoms with E-state index in [9.17, 15) is 4.79 Å². The van der Waals surface area contributed by atoms with Crippen LogP contribution in [-0.4, -0.2) is 40.0 Å². The highest BCUT2D eigenvalue weighted by Crippen LogP contribution is 2.27. The van der Waals surface area contributed by atoms with Gasteiger partial charge in [-0.05, 0) is 24.6 Å². The number of carbonyl (C=O) groups is 1. The van der Waals surface area contributed by atoms with Crippen LogP contribution in [0.3, 0.4) is 0 Å². The molecule has 1 fully saturated rings. The van der Waals surface area contributed by atoms with Crippen molar-refractivity contribution in [2.24, 2.45) is 0 Å². The van der Waals surface area contributed by atoms with Crippen LogP contribution < -0.4 is 0 Å². The minimum absolute atomic E-state index is 0.00266. The van der Waals surface area contributed by atoms with E-state index in [1.54, 1.807) is 24.7 Å². The van der Waals surface area contributed by atoms with E-state index in [4.69, 9.17) is 4.74 Å². The molecule has 0 unspecified atom stereocenters. The lowest BCUT2D eigenvalue weighted by Gasteiger charge is -2.38. The Morgan fingerprint density at radius 1 is 1.16 bits per heavy atom. The molecule has 0 saturated carbocycles. The van der Waals surface area contributed by atoms with Gasteiger partial charge in [0.15, 0.2) is 0 Å². The fourth-order valence-corrected chi connectivity index (χ4v) is 3.24. The lowest BCUT2D eigenvalue weighted by molar-refractivity contribution is -0.0486. The van der Waals surface area contributed by atoms with Crippen molar-refractivity contribution < 1.29 is 9.53 Å². The van der Waals surface area contributed by atoms with Gasteiger partial charge in [0.2, 0.25) is 0 Å². The second-order valence-electron chi connectivity index (χ2n) is 6.29. The van der Waals surface area contributed by atoms with Gasteiger partial charge in [0.1, 0.15) is 6.10 Å². The first-order chi connectivity index (χ1) is 12.2. The number of rotatable bonds is 2. The molecule has 1 saturated heterocycles. The smallest absolute Gasteiger partial charge is 0.255 e. The third kappa shape index (κ3) is 2.98. The number of hydrogen-bond acceptors (Lipinski definition) is 4. The summed E-state index contributed by atoms with van der Waals surface area (Å²) in [6.45, 7) is 3.07. The van der Waals surface area contributed by atoms with Crippen molar-refractivity contribution in [2.75, 3.05) is 13.2 Å². The number of fused-ring (bicyclic) bond motifs is 1. The second-order valence-corrected chi connectivity index (χ2v) is 6.29. The number of ether oxygens (including phenoxy) is 1. The molecule has 2 atom stereocenters. The van der Waals surface area contributed by atoms with Crippen molar-refractivity contribution in [3.8, 4) is 0 Å². The highest BCUT2D eigenvalue weighted by atomic mass is 16.5. The van der Waals surface area contributed by atoms with E-state index in [1.165, 1.54) is 0 Å². The van der Waals surface area contributed by atoms with Gasteiger partial charge in [-0.2, -0.15) is 0 Å². The predicted molar refractivity (Wildman–Crippen MR) is 95.2 cm³/mol. The summed E-state index contributed by atoms with van der Waals surface area (Å²) in [7, 11) is 0. The Kier molecular flexibility index (Phi) is 4.15. The summed E-state index contributed by atoms with van der Waals surface area (Å²) in [6, 6.07) is 13.6. The summed E-state index contributed by atoms with van der Waals surface area (Å²) in [5.41, 5.74) is 2.51. The summed E-state index contributed by atoms with van der Waals surface area (Å²) >= 11 is 0. The maximum Gasteiger partial charge on any atom is 0.255 e. The van der Waals surface area contributed by atoms with E-state index in [-0.39, 0.29) is 18.1 Å². The third-order valence-electron chi connectivity index (χ3n) is 4.64. The van der Waals surface area contributed by atoms with Gasteiger partial charge in [0.25, 0.3) is 5.91 Å². The summed E-state index contributed by atoms with van der Waals surface area (Å²) in [6.07, 6.45) is 4.96. The van der Waals surface area contributed by atoms with E-state index >= 15 is 0 Å². The second kappa shape index (κ2) is 6.61. The average Bonchev–Trinajstić information content (AvgIpc) is 2.68. The normalized spacial score (nSPS) is 20.6. The molecule has 0 spiro atoms. The molecule has 3 heterocycles. The molecule has 5 nitrogen and oxygen atoms in total. The number of benzene rings is 1. The number of morpholine rings is 1. The Morgan fingerprint density at radius 2 is 2.00 bits per heavy atom. The quantitative estimate of drug-likeness (QED) is 0.722. The number of nitrogens with zero attached hydrogens (tertiary/aromatic N) is 3. The minimum Gasteiger partial charge on any atom is -0.370 e. The minimum atomic E-state index is -0.104. The van der Waals surface area contributed by atoms with Crippen LogP contribution >= 0.6 is 0 Å². The largest absolute Gasteiger partial charge is 0.370 e. The molecule has 0 radical (unpaired) electrons. The van der Waals surface area contributed by atoms with Crippen LogP contribution in [0.2, 0.25) is 0 Å². The fourth-order valence-electron chi connectivity index (χ4n) is 3.24. The van der Waals surface area contributed by atoms with Crippen molar-refractivity contribution in [3.63, 3.8) is 0 Å². The van der Waals surface area contributed by atoms with Gasteiger partial charge in [-0.1, -0.05) is 30.3 Å². The Morgan fingerprint density at radius 3 is 2.84 bits per heavy atom. The molecule has 0 N–H and O–H groups in total. The van der Waals surface area contributed by atoms with Gasteiger partial charge < -0.3 is 9.64 Å². The van der Waals surface area contributed by atoms with Gasteiger partial charge in [0.05, 0.1) is 30.3 Å². The van der Waals surface area contributed by atoms with E-state index in [1.807, 2.05) is 48.2 Å². The van der Waals surface area contributed by atoms with Crippen LogP contribution in [0, 0.1) is 0 Å². The molecular weight excluding hydrogens is 314 g/mol. The number of pyridine rings is 2. The van der Waals surface area contributed by atoms with Crippen molar-refractivity contribution in [3.05, 3.63) is 72.2 Å². The fraction of sp³-hybridized carbons (Fsp3) is 0.250. The number of hydrogen-bond donors (Lipinski definition) is 0. The van der Waals surface area contributed by atoms with Crippen LogP contribution in [0.1, 0.15) is 28.9 Å². The highest BCUT2D eigenvalue weighted by Gasteiger charge is 2.31. The maximum absolute atomic E-state index is 13.2. The first-order valence-electron chi connectivity index (χ1n) is 8.40. The number of amides is 1. The maximum atomic E-state index is 13.2. The van der Waals surface area contributed by atoms with Crippen LogP contribution in [-0.2, 0) is 4.74 Å². The molecule has 5 heteroatoms. The molecule has 3 aromatic rings. The zero-order valence-electron chi connectivity index (χ0n) is 14.0. The molecule has 2 aromatic heterocycles. The molecule has 0 aliphatic carbocycles. The van der Waals surface area contributed by atoms with Gasteiger partial charge >= 0.3 is 0 Å². The lowest BCUT2D eigenvalue weighted by atomic mass is 10.0. The molecular formula is C20H19N3O2. The summed E-state index contributed by atoms with van der Waals surface area (Å²) < 4.78 is 5.96. The lowest BCUT2D eigenvalue weighted by Crippen LogP contribution is -2.48. The van der Waals surface area contributed by atoms with Gasteiger partial charge in [-0.25, -0.2) is 0 Å². The van der Waals surface area contributed by atoms with Gasteiger partial charge in [-0.3, -0.25) is 14.8 Å². The average molecular weight is 333 g/mol. The first kappa shape index (κ1) is 15.7. The molecule has 1 aliphatic rings.